The van der Waals surface area contributed by atoms with Crippen molar-refractivity contribution < 1.29 is 18.8 Å². The monoisotopic (exact) mass is 566 g/mol. The van der Waals surface area contributed by atoms with Gasteiger partial charge < -0.3 is 14.0 Å². The minimum Gasteiger partial charge on any atom is -0.487 e. The Morgan fingerprint density at radius 3 is 2.02 bits per heavy atom. The van der Waals surface area contributed by atoms with Crippen LogP contribution in [-0.2, 0) is 22.5 Å². The van der Waals surface area contributed by atoms with E-state index in [1.807, 2.05) is 6.07 Å². The van der Waals surface area contributed by atoms with Gasteiger partial charge in [-0.2, -0.15) is 0 Å². The molecule has 0 spiro atoms. The molecule has 2 aromatic rings. The lowest BCUT2D eigenvalue weighted by Gasteiger charge is -2.30. The SMILES string of the molecule is CCCCCCCCCCCCCc1cccc(OC(CC)COC(=O)CCCC[N+](C)(C)Cc2ccccc2)c1. The van der Waals surface area contributed by atoms with Gasteiger partial charge >= 0.3 is 5.97 Å². The maximum atomic E-state index is 12.4. The van der Waals surface area contributed by atoms with Crippen molar-refractivity contribution in [2.75, 3.05) is 27.2 Å². The van der Waals surface area contributed by atoms with Crippen LogP contribution >= 0.6 is 0 Å². The van der Waals surface area contributed by atoms with Crippen LogP contribution in [0.4, 0.5) is 0 Å². The maximum Gasteiger partial charge on any atom is 0.305 e. The number of aryl methyl sites for hydroxylation is 1. The highest BCUT2D eigenvalue weighted by atomic mass is 16.6. The van der Waals surface area contributed by atoms with E-state index in [0.717, 1.165) is 49.0 Å². The Kier molecular flexibility index (Phi) is 18.2. The van der Waals surface area contributed by atoms with E-state index in [9.17, 15) is 4.79 Å². The number of hydrogen-bond donors (Lipinski definition) is 0. The van der Waals surface area contributed by atoms with E-state index in [2.05, 4.69) is 76.5 Å². The van der Waals surface area contributed by atoms with Gasteiger partial charge in [-0.15, -0.1) is 0 Å². The van der Waals surface area contributed by atoms with Crippen molar-refractivity contribution in [2.24, 2.45) is 0 Å². The molecule has 0 radical (unpaired) electrons. The molecule has 0 bridgehead atoms. The molecule has 0 amide bonds. The average molecular weight is 567 g/mol. The number of quaternary nitrogens is 1. The number of benzene rings is 2. The second-order valence-corrected chi connectivity index (χ2v) is 12.5. The van der Waals surface area contributed by atoms with Crippen molar-refractivity contribution in [3.05, 3.63) is 65.7 Å². The van der Waals surface area contributed by atoms with Crippen molar-refractivity contribution in [2.45, 2.75) is 129 Å². The van der Waals surface area contributed by atoms with Gasteiger partial charge in [0.25, 0.3) is 0 Å². The molecule has 230 valence electrons. The third kappa shape index (κ3) is 17.3. The van der Waals surface area contributed by atoms with Gasteiger partial charge in [-0.05, 0) is 49.8 Å². The first-order valence-electron chi connectivity index (χ1n) is 16.7. The average Bonchev–Trinajstić information content (AvgIpc) is 2.96. The molecule has 4 heteroatoms. The summed E-state index contributed by atoms with van der Waals surface area (Å²) in [5.74, 6) is 0.762. The zero-order valence-corrected chi connectivity index (χ0v) is 26.9. The van der Waals surface area contributed by atoms with Crippen molar-refractivity contribution in [3.63, 3.8) is 0 Å². The topological polar surface area (TPSA) is 35.5 Å². The van der Waals surface area contributed by atoms with E-state index in [1.165, 1.54) is 81.8 Å². The van der Waals surface area contributed by atoms with Crippen molar-refractivity contribution in [3.8, 4) is 5.75 Å². The van der Waals surface area contributed by atoms with Crippen LogP contribution in [0.2, 0.25) is 0 Å². The highest BCUT2D eigenvalue weighted by Crippen LogP contribution is 2.19. The molecule has 1 atom stereocenters. The Morgan fingerprint density at radius 2 is 1.37 bits per heavy atom. The van der Waals surface area contributed by atoms with Crippen LogP contribution < -0.4 is 4.74 Å². The summed E-state index contributed by atoms with van der Waals surface area (Å²) in [6.45, 7) is 6.72. The Labute approximate surface area is 252 Å². The van der Waals surface area contributed by atoms with Gasteiger partial charge in [-0.1, -0.05) is 121 Å². The van der Waals surface area contributed by atoms with Gasteiger partial charge in [0.1, 0.15) is 25.0 Å². The maximum absolute atomic E-state index is 12.4. The molecular formula is C37H60NO3+. The first kappa shape index (κ1) is 34.9. The van der Waals surface area contributed by atoms with Crippen LogP contribution in [0.5, 0.6) is 5.75 Å². The second kappa shape index (κ2) is 21.4. The molecule has 0 aliphatic heterocycles. The first-order chi connectivity index (χ1) is 19.9. The van der Waals surface area contributed by atoms with Crippen LogP contribution in [0, 0.1) is 0 Å². The molecule has 41 heavy (non-hydrogen) atoms. The summed E-state index contributed by atoms with van der Waals surface area (Å²) in [7, 11) is 4.50. The molecule has 0 N–H and O–H groups in total. The lowest BCUT2D eigenvalue weighted by molar-refractivity contribution is -0.903. The van der Waals surface area contributed by atoms with E-state index in [4.69, 9.17) is 9.47 Å². The summed E-state index contributed by atoms with van der Waals surface area (Å²) in [5.41, 5.74) is 2.68. The van der Waals surface area contributed by atoms with Gasteiger partial charge in [0.15, 0.2) is 0 Å². The summed E-state index contributed by atoms with van der Waals surface area (Å²) < 4.78 is 12.7. The van der Waals surface area contributed by atoms with Gasteiger partial charge in [0, 0.05) is 12.0 Å². The number of nitrogens with zero attached hydrogens (tertiary/aromatic N) is 1. The summed E-state index contributed by atoms with van der Waals surface area (Å²) in [5, 5.41) is 0. The molecule has 2 aromatic carbocycles. The van der Waals surface area contributed by atoms with E-state index >= 15 is 0 Å². The minimum absolute atomic E-state index is 0.113. The third-order valence-corrected chi connectivity index (χ3v) is 8.00. The lowest BCUT2D eigenvalue weighted by atomic mass is 10.0. The molecule has 0 fully saturated rings. The Bertz CT molecular complexity index is 927. The Morgan fingerprint density at radius 1 is 0.732 bits per heavy atom. The highest BCUT2D eigenvalue weighted by Gasteiger charge is 2.17. The number of carbonyl (C=O) groups excluding carboxylic acids is 1. The molecule has 0 aromatic heterocycles. The fourth-order valence-corrected chi connectivity index (χ4v) is 5.42. The normalized spacial score (nSPS) is 12.3. The number of carbonyl (C=O) groups is 1. The van der Waals surface area contributed by atoms with Gasteiger partial charge in [-0.25, -0.2) is 0 Å². The number of ether oxygens (including phenoxy) is 2. The van der Waals surface area contributed by atoms with Gasteiger partial charge in [0.2, 0.25) is 0 Å². The quantitative estimate of drug-likeness (QED) is 0.0721. The number of unbranched alkanes of at least 4 members (excludes halogenated alkanes) is 11. The zero-order valence-electron chi connectivity index (χ0n) is 26.9. The smallest absolute Gasteiger partial charge is 0.305 e. The summed E-state index contributed by atoms with van der Waals surface area (Å²) >= 11 is 0. The van der Waals surface area contributed by atoms with Crippen molar-refractivity contribution >= 4 is 5.97 Å². The minimum atomic E-state index is -0.120. The van der Waals surface area contributed by atoms with Gasteiger partial charge in [0.05, 0.1) is 20.6 Å². The summed E-state index contributed by atoms with van der Waals surface area (Å²) in [6, 6.07) is 19.1. The fraction of sp³-hybridized carbons (Fsp3) is 0.649. The lowest BCUT2D eigenvalue weighted by Crippen LogP contribution is -2.39. The van der Waals surface area contributed by atoms with E-state index in [1.54, 1.807) is 0 Å². The molecule has 1 unspecified atom stereocenters. The largest absolute Gasteiger partial charge is 0.487 e. The molecule has 4 nitrogen and oxygen atoms in total. The van der Waals surface area contributed by atoms with Crippen molar-refractivity contribution in [1.82, 2.24) is 0 Å². The molecule has 0 aliphatic carbocycles. The molecule has 0 saturated heterocycles. The van der Waals surface area contributed by atoms with Crippen LogP contribution in [0.25, 0.3) is 0 Å². The zero-order chi connectivity index (χ0) is 29.6. The van der Waals surface area contributed by atoms with Crippen molar-refractivity contribution in [1.29, 1.82) is 0 Å². The predicted octanol–water partition coefficient (Wildman–Crippen LogP) is 9.69. The highest BCUT2D eigenvalue weighted by molar-refractivity contribution is 5.69. The summed E-state index contributed by atoms with van der Waals surface area (Å²) in [6.07, 6.45) is 19.2. The Balaban J connectivity index is 1.57. The van der Waals surface area contributed by atoms with Crippen LogP contribution in [0.3, 0.4) is 0 Å². The van der Waals surface area contributed by atoms with Crippen LogP contribution in [0.1, 0.15) is 121 Å². The predicted molar refractivity (Wildman–Crippen MR) is 173 cm³/mol. The number of esters is 1. The van der Waals surface area contributed by atoms with Crippen LogP contribution in [0.15, 0.2) is 54.6 Å². The molecular weight excluding hydrogens is 506 g/mol. The van der Waals surface area contributed by atoms with Gasteiger partial charge in [-0.3, -0.25) is 4.79 Å². The number of rotatable bonds is 24. The van der Waals surface area contributed by atoms with E-state index in [-0.39, 0.29) is 12.1 Å². The second-order valence-electron chi connectivity index (χ2n) is 12.5. The number of hydrogen-bond acceptors (Lipinski definition) is 3. The molecule has 0 aliphatic rings. The Hall–Kier alpha value is -2.33. The van der Waals surface area contributed by atoms with Crippen LogP contribution in [-0.4, -0.2) is 43.8 Å². The fourth-order valence-electron chi connectivity index (χ4n) is 5.42. The summed E-state index contributed by atoms with van der Waals surface area (Å²) in [4.78, 5) is 12.4. The van der Waals surface area contributed by atoms with E-state index < -0.39 is 0 Å². The standard InChI is InChI=1S/C37H60NO3/c1-5-7-8-9-10-11-12-13-14-15-17-23-33-26-22-27-36(30-33)41-35(6-2)32-40-37(39)28-20-21-29-38(3,4)31-34-24-18-16-19-25-34/h16,18-19,22,24-27,30,35H,5-15,17,20-21,23,28-29,31-32H2,1-4H3/q+1. The molecule has 0 heterocycles. The van der Waals surface area contributed by atoms with E-state index in [0.29, 0.717) is 13.0 Å². The first-order valence-corrected chi connectivity index (χ1v) is 16.7. The molecule has 2 rings (SSSR count). The molecule has 0 saturated carbocycles. The third-order valence-electron chi connectivity index (χ3n) is 8.00.